The third-order valence-corrected chi connectivity index (χ3v) is 5.29. The monoisotopic (exact) mass is 403 g/mol. The molecule has 0 saturated heterocycles. The minimum absolute atomic E-state index is 0.173. The highest BCUT2D eigenvalue weighted by Gasteiger charge is 2.28. The minimum atomic E-state index is -0.450. The van der Waals surface area contributed by atoms with Crippen molar-refractivity contribution in [2.75, 3.05) is 6.61 Å². The molecule has 1 aliphatic rings. The largest absolute Gasteiger partial charge is 0.490 e. The molecule has 0 radical (unpaired) electrons. The first kappa shape index (κ1) is 16.8. The number of imidazole rings is 1. The Morgan fingerprint density at radius 1 is 1.17 bits per heavy atom. The van der Waals surface area contributed by atoms with E-state index in [2.05, 4.69) is 25.3 Å². The number of nitrogens with one attached hydrogen (secondary N) is 1. The van der Waals surface area contributed by atoms with Gasteiger partial charge in [0, 0.05) is 12.0 Å². The lowest BCUT2D eigenvalue weighted by Gasteiger charge is -2.26. The Morgan fingerprint density at radius 2 is 2.07 bits per heavy atom. The quantitative estimate of drug-likeness (QED) is 0.485. The van der Waals surface area contributed by atoms with Gasteiger partial charge < -0.3 is 9.72 Å². The highest BCUT2D eigenvalue weighted by molar-refractivity contribution is 5.76. The van der Waals surface area contributed by atoms with Gasteiger partial charge in [-0.15, -0.1) is 5.10 Å². The molecule has 0 amide bonds. The zero-order chi connectivity index (χ0) is 20.2. The summed E-state index contributed by atoms with van der Waals surface area (Å²) in [5, 5.41) is 8.27. The predicted molar refractivity (Wildman–Crippen MR) is 105 cm³/mol. The van der Waals surface area contributed by atoms with E-state index in [-0.39, 0.29) is 17.4 Å². The SMILES string of the molecule is O=c1[nH]c2cnc(-n3nnc4ccccc43)nc2n1[C@@H]1CCOc2c(F)cccc21. The fraction of sp³-hybridized carbons (Fsp3) is 0.150. The summed E-state index contributed by atoms with van der Waals surface area (Å²) in [7, 11) is 0. The lowest BCUT2D eigenvalue weighted by Crippen LogP contribution is -2.28. The molecule has 1 N–H and O–H groups in total. The molecule has 0 unspecified atom stereocenters. The number of H-pyrrole nitrogens is 1. The second-order valence-corrected chi connectivity index (χ2v) is 7.01. The smallest absolute Gasteiger partial charge is 0.328 e. The third-order valence-electron chi connectivity index (χ3n) is 5.29. The number of hydrogen-bond donors (Lipinski definition) is 1. The van der Waals surface area contributed by atoms with Crippen LogP contribution in [0.1, 0.15) is 18.0 Å². The number of para-hydroxylation sites is 2. The van der Waals surface area contributed by atoms with E-state index in [0.717, 1.165) is 5.52 Å². The lowest BCUT2D eigenvalue weighted by atomic mass is 10.00. The Kier molecular flexibility index (Phi) is 3.48. The van der Waals surface area contributed by atoms with Crippen LogP contribution < -0.4 is 10.4 Å². The highest BCUT2D eigenvalue weighted by atomic mass is 19.1. The number of aromatic nitrogens is 7. The molecule has 9 nitrogen and oxygen atoms in total. The van der Waals surface area contributed by atoms with Crippen LogP contribution in [0.5, 0.6) is 5.75 Å². The van der Waals surface area contributed by atoms with Gasteiger partial charge in [-0.05, 0) is 18.2 Å². The van der Waals surface area contributed by atoms with Crippen molar-refractivity contribution in [1.29, 1.82) is 0 Å². The number of nitrogens with zero attached hydrogens (tertiary/aromatic N) is 6. The molecule has 148 valence electrons. The van der Waals surface area contributed by atoms with Crippen LogP contribution in [-0.4, -0.2) is 41.1 Å². The molecule has 3 aromatic heterocycles. The highest BCUT2D eigenvalue weighted by Crippen LogP contribution is 2.36. The lowest BCUT2D eigenvalue weighted by molar-refractivity contribution is 0.244. The summed E-state index contributed by atoms with van der Waals surface area (Å²) in [5.74, 6) is 0.0107. The van der Waals surface area contributed by atoms with Gasteiger partial charge >= 0.3 is 5.69 Å². The van der Waals surface area contributed by atoms with Crippen molar-refractivity contribution >= 4 is 22.2 Å². The van der Waals surface area contributed by atoms with Gasteiger partial charge in [-0.25, -0.2) is 14.2 Å². The van der Waals surface area contributed by atoms with E-state index >= 15 is 0 Å². The molecule has 1 aliphatic heterocycles. The second-order valence-electron chi connectivity index (χ2n) is 7.01. The first-order valence-corrected chi connectivity index (χ1v) is 9.40. The molecular formula is C20H14FN7O2. The number of benzene rings is 2. The topological polar surface area (TPSA) is 104 Å². The summed E-state index contributed by atoms with van der Waals surface area (Å²) in [4.78, 5) is 24.5. The van der Waals surface area contributed by atoms with Crippen LogP contribution in [0.2, 0.25) is 0 Å². The molecule has 0 spiro atoms. The molecule has 2 aromatic carbocycles. The summed E-state index contributed by atoms with van der Waals surface area (Å²) in [6.45, 7) is 0.295. The zero-order valence-electron chi connectivity index (χ0n) is 15.5. The van der Waals surface area contributed by atoms with Crippen LogP contribution in [0.15, 0.2) is 53.5 Å². The number of ether oxygens (including phenoxy) is 1. The molecule has 1 atom stereocenters. The average molecular weight is 403 g/mol. The molecule has 30 heavy (non-hydrogen) atoms. The summed E-state index contributed by atoms with van der Waals surface area (Å²) >= 11 is 0. The van der Waals surface area contributed by atoms with E-state index in [4.69, 9.17) is 4.74 Å². The van der Waals surface area contributed by atoms with E-state index in [1.165, 1.54) is 21.5 Å². The Hall–Kier alpha value is -4.08. The second kappa shape index (κ2) is 6.21. The zero-order valence-corrected chi connectivity index (χ0v) is 15.5. The molecular weight excluding hydrogens is 389 g/mol. The Balaban J connectivity index is 1.57. The Labute approximate surface area is 167 Å². The molecule has 10 heteroatoms. The van der Waals surface area contributed by atoms with Gasteiger partial charge in [0.05, 0.1) is 24.4 Å². The van der Waals surface area contributed by atoms with E-state index in [1.807, 2.05) is 24.3 Å². The molecule has 0 aliphatic carbocycles. The van der Waals surface area contributed by atoms with Crippen molar-refractivity contribution in [1.82, 2.24) is 34.5 Å². The fourth-order valence-electron chi connectivity index (χ4n) is 3.95. The molecule has 0 saturated carbocycles. The van der Waals surface area contributed by atoms with Crippen molar-refractivity contribution in [3.05, 3.63) is 70.5 Å². The maximum atomic E-state index is 14.2. The van der Waals surface area contributed by atoms with Crippen molar-refractivity contribution in [3.63, 3.8) is 0 Å². The van der Waals surface area contributed by atoms with Gasteiger partial charge in [0.2, 0.25) is 0 Å². The van der Waals surface area contributed by atoms with Crippen molar-refractivity contribution in [2.45, 2.75) is 12.5 Å². The average Bonchev–Trinajstić information content (AvgIpc) is 3.33. The van der Waals surface area contributed by atoms with E-state index < -0.39 is 11.9 Å². The molecule has 0 fully saturated rings. The predicted octanol–water partition coefficient (Wildman–Crippen LogP) is 2.36. The summed E-state index contributed by atoms with van der Waals surface area (Å²) in [5.41, 5.74) is 2.61. The number of fused-ring (bicyclic) bond motifs is 3. The van der Waals surface area contributed by atoms with Crippen molar-refractivity contribution in [3.8, 4) is 11.7 Å². The Bertz CT molecular complexity index is 1490. The molecule has 5 aromatic rings. The van der Waals surface area contributed by atoms with Crippen molar-refractivity contribution in [2.24, 2.45) is 0 Å². The first-order chi connectivity index (χ1) is 14.7. The van der Waals surface area contributed by atoms with Gasteiger partial charge in [0.25, 0.3) is 5.95 Å². The minimum Gasteiger partial charge on any atom is -0.490 e. The summed E-state index contributed by atoms with van der Waals surface area (Å²) in [6.07, 6.45) is 2.05. The maximum Gasteiger partial charge on any atom is 0.328 e. The normalized spacial score (nSPS) is 16.0. The maximum absolute atomic E-state index is 14.2. The van der Waals surface area contributed by atoms with Crippen LogP contribution in [0.4, 0.5) is 4.39 Å². The van der Waals surface area contributed by atoms with Gasteiger partial charge in [0.1, 0.15) is 11.0 Å². The number of aromatic amines is 1. The van der Waals surface area contributed by atoms with Gasteiger partial charge in [0.15, 0.2) is 17.2 Å². The van der Waals surface area contributed by atoms with E-state index in [9.17, 15) is 9.18 Å². The summed E-state index contributed by atoms with van der Waals surface area (Å²) in [6, 6.07) is 11.8. The Morgan fingerprint density at radius 3 is 3.00 bits per heavy atom. The van der Waals surface area contributed by atoms with Gasteiger partial charge in [-0.3, -0.25) is 4.57 Å². The third kappa shape index (κ3) is 2.36. The van der Waals surface area contributed by atoms with Crippen LogP contribution in [0.25, 0.3) is 28.1 Å². The number of hydrogen-bond acceptors (Lipinski definition) is 6. The van der Waals surface area contributed by atoms with Crippen LogP contribution >= 0.6 is 0 Å². The first-order valence-electron chi connectivity index (χ1n) is 9.40. The van der Waals surface area contributed by atoms with Gasteiger partial charge in [-0.2, -0.15) is 9.67 Å². The van der Waals surface area contributed by atoms with E-state index in [1.54, 1.807) is 12.1 Å². The van der Waals surface area contributed by atoms with Crippen molar-refractivity contribution < 1.29 is 9.13 Å². The van der Waals surface area contributed by atoms with Crippen LogP contribution in [0, 0.1) is 5.82 Å². The summed E-state index contributed by atoms with van der Waals surface area (Å²) < 4.78 is 22.8. The standard InChI is InChI=1S/C20H14FN7O2/c21-12-5-3-4-11-15(8-9-30-17(11)12)27-18-14(23-20(27)29)10-22-19(24-18)28-16-7-2-1-6-13(16)25-26-28/h1-7,10,15H,8-9H2,(H,23,29)/t15-/m1/s1. The van der Waals surface area contributed by atoms with Crippen LogP contribution in [-0.2, 0) is 0 Å². The molecule has 6 rings (SSSR count). The van der Waals surface area contributed by atoms with Crippen LogP contribution in [0.3, 0.4) is 0 Å². The van der Waals surface area contributed by atoms with Gasteiger partial charge in [-0.1, -0.05) is 29.5 Å². The van der Waals surface area contributed by atoms with E-state index in [0.29, 0.717) is 35.3 Å². The fourth-order valence-corrected chi connectivity index (χ4v) is 3.95. The molecule has 4 heterocycles. The number of halogens is 1. The number of rotatable bonds is 2. The molecule has 0 bridgehead atoms.